The Morgan fingerprint density at radius 1 is 0.939 bits per heavy atom. The van der Waals surface area contributed by atoms with E-state index in [9.17, 15) is 14.4 Å². The number of nitrogens with zero attached hydrogens (tertiary/aromatic N) is 1. The summed E-state index contributed by atoms with van der Waals surface area (Å²) in [5, 5.41) is 0. The van der Waals surface area contributed by atoms with Crippen molar-refractivity contribution < 1.29 is 19.1 Å². The van der Waals surface area contributed by atoms with Crippen LogP contribution in [0.4, 0.5) is 4.79 Å². The van der Waals surface area contributed by atoms with Gasteiger partial charge in [0.05, 0.1) is 12.0 Å². The van der Waals surface area contributed by atoms with Gasteiger partial charge in [-0.2, -0.15) is 0 Å². The summed E-state index contributed by atoms with van der Waals surface area (Å²) in [5.74, 6) is -2.00. The zero-order chi connectivity index (χ0) is 23.4. The Kier molecular flexibility index (Phi) is 6.68. The molecule has 0 aromatic heterocycles. The summed E-state index contributed by atoms with van der Waals surface area (Å²) >= 11 is 0. The minimum absolute atomic E-state index is 0.135. The number of carbonyl (C=O) groups is 3. The monoisotopic (exact) mass is 441 g/mol. The van der Waals surface area contributed by atoms with Gasteiger partial charge in [-0.15, -0.1) is 0 Å². The minimum Gasteiger partial charge on any atom is -0.447 e. The second kappa shape index (κ2) is 9.82. The number of ketones is 1. The Morgan fingerprint density at radius 3 is 2.18 bits per heavy atom. The Morgan fingerprint density at radius 2 is 1.55 bits per heavy atom. The molecular formula is C28H27NO4. The van der Waals surface area contributed by atoms with Crippen LogP contribution in [0.3, 0.4) is 0 Å². The molecule has 33 heavy (non-hydrogen) atoms. The van der Waals surface area contributed by atoms with E-state index in [-0.39, 0.29) is 12.4 Å². The molecule has 3 atom stereocenters. The molecule has 0 saturated carbocycles. The Hall–Kier alpha value is -3.73. The van der Waals surface area contributed by atoms with Gasteiger partial charge in [0, 0.05) is 11.5 Å². The molecule has 1 aliphatic heterocycles. The molecule has 1 aliphatic rings. The van der Waals surface area contributed by atoms with Crippen molar-refractivity contribution >= 4 is 17.8 Å². The van der Waals surface area contributed by atoms with Crippen molar-refractivity contribution in [3.05, 3.63) is 107 Å². The first kappa shape index (κ1) is 22.5. The van der Waals surface area contributed by atoms with Gasteiger partial charge in [0.25, 0.3) is 0 Å². The van der Waals surface area contributed by atoms with Crippen molar-refractivity contribution in [2.75, 3.05) is 6.61 Å². The second-order valence-electron chi connectivity index (χ2n) is 8.54. The summed E-state index contributed by atoms with van der Waals surface area (Å²) in [7, 11) is 0. The normalized spacial score (nSPS) is 17.3. The fraction of sp³-hybridized carbons (Fsp3) is 0.250. The molecule has 0 N–H and O–H groups in total. The van der Waals surface area contributed by atoms with Crippen molar-refractivity contribution in [1.82, 2.24) is 4.90 Å². The Bertz CT molecular complexity index is 1130. The van der Waals surface area contributed by atoms with E-state index >= 15 is 0 Å². The van der Waals surface area contributed by atoms with Crippen molar-refractivity contribution in [3.8, 4) is 0 Å². The molecule has 1 unspecified atom stereocenters. The number of imide groups is 1. The molecule has 0 aliphatic carbocycles. The number of hydrogen-bond acceptors (Lipinski definition) is 4. The molecule has 1 fully saturated rings. The number of amides is 2. The van der Waals surface area contributed by atoms with Crippen molar-refractivity contribution in [1.29, 1.82) is 0 Å². The third-order valence-corrected chi connectivity index (χ3v) is 6.19. The van der Waals surface area contributed by atoms with E-state index in [0.29, 0.717) is 17.5 Å². The first-order valence-corrected chi connectivity index (χ1v) is 11.2. The van der Waals surface area contributed by atoms with E-state index in [2.05, 4.69) is 0 Å². The summed E-state index contributed by atoms with van der Waals surface area (Å²) in [6.07, 6.45) is -0.156. The van der Waals surface area contributed by atoms with E-state index in [4.69, 9.17) is 4.74 Å². The average Bonchev–Trinajstić information content (AvgIpc) is 3.20. The molecule has 2 amide bonds. The van der Waals surface area contributed by atoms with Crippen LogP contribution in [0.5, 0.6) is 0 Å². The third kappa shape index (κ3) is 4.87. The molecule has 4 rings (SSSR count). The lowest BCUT2D eigenvalue weighted by Gasteiger charge is -2.28. The van der Waals surface area contributed by atoms with Crippen molar-refractivity contribution in [3.63, 3.8) is 0 Å². The van der Waals surface area contributed by atoms with E-state index in [1.807, 2.05) is 79.7 Å². The van der Waals surface area contributed by atoms with Crippen LogP contribution in [0.15, 0.2) is 84.9 Å². The highest BCUT2D eigenvalue weighted by molar-refractivity contribution is 6.04. The molecule has 3 aromatic rings. The minimum atomic E-state index is -0.802. The predicted octanol–water partition coefficient (Wildman–Crippen LogP) is 5.19. The van der Waals surface area contributed by atoms with Gasteiger partial charge in [0.15, 0.2) is 5.78 Å². The molecule has 0 spiro atoms. The largest absolute Gasteiger partial charge is 0.447 e. The van der Waals surface area contributed by atoms with Gasteiger partial charge in [-0.05, 0) is 24.5 Å². The number of cyclic esters (lactones) is 1. The maximum atomic E-state index is 13.9. The number of Topliss-reactive ketones (excluding diaryl/α,β-unsaturated/α-hetero) is 1. The topological polar surface area (TPSA) is 63.7 Å². The smallest absolute Gasteiger partial charge is 0.417 e. The number of hydrogen-bond donors (Lipinski definition) is 0. The van der Waals surface area contributed by atoms with Gasteiger partial charge < -0.3 is 4.74 Å². The lowest BCUT2D eigenvalue weighted by atomic mass is 9.81. The van der Waals surface area contributed by atoms with Crippen LogP contribution in [-0.4, -0.2) is 35.3 Å². The van der Waals surface area contributed by atoms with Gasteiger partial charge in [0.2, 0.25) is 5.91 Å². The second-order valence-corrected chi connectivity index (χ2v) is 8.54. The van der Waals surface area contributed by atoms with Crippen molar-refractivity contribution in [2.45, 2.75) is 32.2 Å². The summed E-state index contributed by atoms with van der Waals surface area (Å²) in [5.41, 5.74) is 3.32. The molecule has 168 valence electrons. The first-order chi connectivity index (χ1) is 16.0. The van der Waals surface area contributed by atoms with Gasteiger partial charge in [-0.1, -0.05) is 97.4 Å². The maximum absolute atomic E-state index is 13.9. The van der Waals surface area contributed by atoms with Crippen LogP contribution in [0.25, 0.3) is 0 Å². The van der Waals surface area contributed by atoms with E-state index < -0.39 is 29.9 Å². The van der Waals surface area contributed by atoms with Crippen LogP contribution >= 0.6 is 0 Å². The quantitative estimate of drug-likeness (QED) is 0.474. The number of rotatable bonds is 7. The van der Waals surface area contributed by atoms with Crippen molar-refractivity contribution in [2.24, 2.45) is 5.92 Å². The SMILES string of the molecule is Cc1ccc(C(=O)C(C)[C@H](C(=O)N2C(=O)OC[C@H]2Cc2ccccc2)c2ccccc2)cc1. The fourth-order valence-electron chi connectivity index (χ4n) is 4.35. The number of carbonyl (C=O) groups excluding carboxylic acids is 3. The molecule has 3 aromatic carbocycles. The lowest BCUT2D eigenvalue weighted by molar-refractivity contribution is -0.131. The number of aryl methyl sites for hydroxylation is 1. The van der Waals surface area contributed by atoms with Gasteiger partial charge in [-0.25, -0.2) is 9.69 Å². The molecule has 1 heterocycles. The van der Waals surface area contributed by atoms with Gasteiger partial charge >= 0.3 is 6.09 Å². The highest BCUT2D eigenvalue weighted by Gasteiger charge is 2.44. The summed E-state index contributed by atoms with van der Waals surface area (Å²) < 4.78 is 5.28. The van der Waals surface area contributed by atoms with E-state index in [0.717, 1.165) is 11.1 Å². The van der Waals surface area contributed by atoms with Gasteiger partial charge in [-0.3, -0.25) is 9.59 Å². The van der Waals surface area contributed by atoms with Crippen LogP contribution in [0.2, 0.25) is 0 Å². The number of benzene rings is 3. The zero-order valence-electron chi connectivity index (χ0n) is 18.8. The molecule has 1 saturated heterocycles. The standard InChI is InChI=1S/C28H27NO4/c1-19-13-15-23(16-14-19)26(30)20(2)25(22-11-7-4-8-12-22)27(31)29-24(18-33-28(29)32)17-21-9-5-3-6-10-21/h3-16,20,24-25H,17-18H2,1-2H3/t20?,24-,25+/m1/s1. The average molecular weight is 442 g/mol. The lowest BCUT2D eigenvalue weighted by Crippen LogP contribution is -2.45. The molecule has 5 nitrogen and oxygen atoms in total. The Labute approximate surface area is 194 Å². The maximum Gasteiger partial charge on any atom is 0.417 e. The molecule has 0 radical (unpaired) electrons. The molecule has 5 heteroatoms. The van der Waals surface area contributed by atoms with Crippen LogP contribution in [0, 0.1) is 12.8 Å². The highest BCUT2D eigenvalue weighted by Crippen LogP contribution is 2.32. The van der Waals surface area contributed by atoms with E-state index in [1.54, 1.807) is 19.1 Å². The first-order valence-electron chi connectivity index (χ1n) is 11.2. The third-order valence-electron chi connectivity index (χ3n) is 6.19. The van der Waals surface area contributed by atoms with Crippen LogP contribution in [0.1, 0.15) is 39.9 Å². The van der Waals surface area contributed by atoms with Crippen LogP contribution < -0.4 is 0 Å². The van der Waals surface area contributed by atoms with Gasteiger partial charge in [0.1, 0.15) is 6.61 Å². The fourth-order valence-corrected chi connectivity index (χ4v) is 4.35. The molecule has 0 bridgehead atoms. The number of ether oxygens (including phenoxy) is 1. The highest BCUT2D eigenvalue weighted by atomic mass is 16.6. The Balaban J connectivity index is 1.66. The summed E-state index contributed by atoms with van der Waals surface area (Å²) in [4.78, 5) is 41.1. The summed E-state index contributed by atoms with van der Waals surface area (Å²) in [6.45, 7) is 3.85. The zero-order valence-corrected chi connectivity index (χ0v) is 18.8. The van der Waals surface area contributed by atoms with E-state index in [1.165, 1.54) is 4.90 Å². The molecular weight excluding hydrogens is 414 g/mol. The summed E-state index contributed by atoms with van der Waals surface area (Å²) in [6, 6.07) is 25.8. The van der Waals surface area contributed by atoms with Crippen LogP contribution in [-0.2, 0) is 16.0 Å². The predicted molar refractivity (Wildman–Crippen MR) is 126 cm³/mol.